The van der Waals surface area contributed by atoms with Gasteiger partial charge in [0.1, 0.15) is 5.82 Å². The first kappa shape index (κ1) is 34.5. The summed E-state index contributed by atoms with van der Waals surface area (Å²) in [5, 5.41) is 6.41. The highest BCUT2D eigenvalue weighted by Crippen LogP contribution is 2.33. The number of rotatable bonds is 8. The van der Waals surface area contributed by atoms with Crippen molar-refractivity contribution in [3.8, 4) is 12.3 Å². The summed E-state index contributed by atoms with van der Waals surface area (Å²) in [4.78, 5) is 28.3. The number of piperazine rings is 1. The largest absolute Gasteiger partial charge is 0.490 e. The van der Waals surface area contributed by atoms with Crippen LogP contribution in [0.5, 0.6) is 0 Å². The van der Waals surface area contributed by atoms with E-state index in [0.717, 1.165) is 74.1 Å². The second-order valence-electron chi connectivity index (χ2n) is 8.89. The number of anilines is 2. The zero-order chi connectivity index (χ0) is 29.9. The van der Waals surface area contributed by atoms with Crippen molar-refractivity contribution in [3.63, 3.8) is 0 Å². The molecule has 1 aromatic heterocycles. The van der Waals surface area contributed by atoms with Crippen LogP contribution in [0.2, 0.25) is 0 Å². The fourth-order valence-electron chi connectivity index (χ4n) is 4.36. The number of aliphatic imine (C=N–C) groups is 1. The number of amidine groups is 1. The molecule has 2 amide bonds. The first-order valence-electron chi connectivity index (χ1n) is 14.7. The van der Waals surface area contributed by atoms with Gasteiger partial charge in [0.25, 0.3) is 0 Å². The van der Waals surface area contributed by atoms with E-state index in [-0.39, 0.29) is 6.03 Å². The van der Waals surface area contributed by atoms with Crippen molar-refractivity contribution in [3.05, 3.63) is 41.6 Å². The van der Waals surface area contributed by atoms with Crippen LogP contribution < -0.4 is 20.4 Å². The summed E-state index contributed by atoms with van der Waals surface area (Å²) in [7, 11) is 1.92. The third-order valence-corrected chi connectivity index (χ3v) is 6.00. The Hall–Kier alpha value is -3.51. The molecule has 1 fully saturated rings. The number of ether oxygens (including phenoxy) is 1. The molecule has 0 atom stereocenters. The van der Waals surface area contributed by atoms with Gasteiger partial charge in [-0.3, -0.25) is 9.89 Å². The molecule has 2 aliphatic heterocycles. The highest BCUT2D eigenvalue weighted by Gasteiger charge is 2.30. The monoisotopic (exact) mass is 553 g/mol. The minimum atomic E-state index is -0.172. The number of urea groups is 1. The summed E-state index contributed by atoms with van der Waals surface area (Å²) in [6.45, 7) is 19.6. The fraction of sp³-hybridized carbons (Fsp3) is 0.581. The summed E-state index contributed by atoms with van der Waals surface area (Å²) in [5.41, 5.74) is 3.07. The minimum Gasteiger partial charge on any atom is -0.490 e. The Balaban J connectivity index is 0.00000122. The van der Waals surface area contributed by atoms with Gasteiger partial charge >= 0.3 is 6.03 Å². The van der Waals surface area contributed by atoms with Gasteiger partial charge in [0.05, 0.1) is 6.61 Å². The van der Waals surface area contributed by atoms with Crippen molar-refractivity contribution in [1.29, 1.82) is 0 Å². The third-order valence-electron chi connectivity index (χ3n) is 6.00. The van der Waals surface area contributed by atoms with E-state index in [1.165, 1.54) is 5.69 Å². The summed E-state index contributed by atoms with van der Waals surface area (Å²) in [6, 6.07) is 1.90. The minimum absolute atomic E-state index is 0.172. The van der Waals surface area contributed by atoms with Gasteiger partial charge in [0.15, 0.2) is 11.6 Å². The number of carbonyl (C=O) groups is 1. The molecule has 9 heteroatoms. The van der Waals surface area contributed by atoms with Crippen molar-refractivity contribution in [2.75, 3.05) is 62.7 Å². The Labute approximate surface area is 242 Å². The average molecular weight is 554 g/mol. The van der Waals surface area contributed by atoms with E-state index in [1.807, 2.05) is 65.8 Å². The van der Waals surface area contributed by atoms with Crippen LogP contribution in [0, 0.1) is 12.3 Å². The number of amides is 2. The number of allylic oxidation sites excluding steroid dienone is 2. The SMILES string of the molecule is C#CCC.CC.CC/C=C(\OCC)C(=NCC)N(C)/C=C(\C)NC(=O)N1CCc2c(N3CCNCC3)ccnc21. The van der Waals surface area contributed by atoms with Gasteiger partial charge in [-0.05, 0) is 45.8 Å². The van der Waals surface area contributed by atoms with Crippen molar-refractivity contribution >= 4 is 23.4 Å². The highest BCUT2D eigenvalue weighted by atomic mass is 16.5. The molecule has 0 saturated carbocycles. The van der Waals surface area contributed by atoms with Gasteiger partial charge < -0.3 is 25.2 Å². The van der Waals surface area contributed by atoms with E-state index in [4.69, 9.17) is 11.2 Å². The van der Waals surface area contributed by atoms with Crippen LogP contribution in [-0.2, 0) is 11.2 Å². The lowest BCUT2D eigenvalue weighted by Crippen LogP contribution is -2.43. The number of hydrogen-bond donors (Lipinski definition) is 2. The maximum absolute atomic E-state index is 13.1. The fourth-order valence-corrected chi connectivity index (χ4v) is 4.36. The second-order valence-corrected chi connectivity index (χ2v) is 8.89. The number of nitrogens with zero attached hydrogens (tertiary/aromatic N) is 5. The molecule has 2 aliphatic rings. The molecule has 0 radical (unpaired) electrons. The van der Waals surface area contributed by atoms with Crippen molar-refractivity contribution in [2.45, 2.75) is 67.7 Å². The Morgan fingerprint density at radius 2 is 1.93 bits per heavy atom. The quantitative estimate of drug-likeness (QED) is 0.200. The second kappa shape index (κ2) is 19.5. The number of carbonyl (C=O) groups excluding carboxylic acids is 1. The van der Waals surface area contributed by atoms with Crippen molar-refractivity contribution in [1.82, 2.24) is 20.5 Å². The number of hydrogen-bond acceptors (Lipinski definition) is 6. The number of terminal acetylenes is 1. The maximum atomic E-state index is 13.1. The zero-order valence-electron chi connectivity index (χ0n) is 26.0. The molecule has 9 nitrogen and oxygen atoms in total. The first-order chi connectivity index (χ1) is 19.4. The third kappa shape index (κ3) is 10.2. The molecular formula is C31H51N7O2. The number of fused-ring (bicyclic) bond motifs is 1. The van der Waals surface area contributed by atoms with E-state index in [2.05, 4.69) is 44.4 Å². The summed E-state index contributed by atoms with van der Waals surface area (Å²) in [6.07, 6.45) is 13.0. The number of pyridine rings is 1. The van der Waals surface area contributed by atoms with Gasteiger partial charge in [-0.2, -0.15) is 0 Å². The van der Waals surface area contributed by atoms with E-state index in [9.17, 15) is 4.79 Å². The molecule has 0 spiro atoms. The molecule has 1 saturated heterocycles. The predicted octanol–water partition coefficient (Wildman–Crippen LogP) is 5.16. The molecule has 0 bridgehead atoms. The first-order valence-corrected chi connectivity index (χ1v) is 14.7. The molecule has 3 heterocycles. The van der Waals surface area contributed by atoms with Crippen LogP contribution in [0.4, 0.5) is 16.3 Å². The van der Waals surface area contributed by atoms with Crippen LogP contribution in [-0.4, -0.2) is 74.7 Å². The van der Waals surface area contributed by atoms with Gasteiger partial charge in [-0.1, -0.05) is 27.7 Å². The molecule has 3 rings (SSSR count). The van der Waals surface area contributed by atoms with Gasteiger partial charge in [0.2, 0.25) is 0 Å². The molecule has 0 aliphatic carbocycles. The van der Waals surface area contributed by atoms with Crippen molar-refractivity contribution in [2.24, 2.45) is 4.99 Å². The normalized spacial score (nSPS) is 15.1. The molecule has 222 valence electrons. The average Bonchev–Trinajstić information content (AvgIpc) is 3.42. The Morgan fingerprint density at radius 1 is 1.25 bits per heavy atom. The lowest BCUT2D eigenvalue weighted by molar-refractivity contribution is 0.243. The smallest absolute Gasteiger partial charge is 0.327 e. The van der Waals surface area contributed by atoms with E-state index < -0.39 is 0 Å². The number of likely N-dealkylation sites (N-methyl/N-ethyl adjacent to an activating group) is 1. The van der Waals surface area contributed by atoms with E-state index >= 15 is 0 Å². The summed E-state index contributed by atoms with van der Waals surface area (Å²) < 4.78 is 5.81. The molecule has 40 heavy (non-hydrogen) atoms. The Kier molecular flexibility index (Phi) is 16.9. The topological polar surface area (TPSA) is 85.3 Å². The van der Waals surface area contributed by atoms with Crippen LogP contribution >= 0.6 is 0 Å². The summed E-state index contributed by atoms with van der Waals surface area (Å²) >= 11 is 0. The van der Waals surface area contributed by atoms with Crippen LogP contribution in [0.3, 0.4) is 0 Å². The standard InChI is InChI=1S/C25H39N7O2.C4H6.C2H6/c1-6-9-22(34-8-3)24(27-7-2)30(5)18-19(4)29-25(33)32-15-11-20-21(10-12-28-23(20)32)31-16-13-26-14-17-31;1-3-4-2;1-2/h9-10,12,18,26H,6-8,11,13-17H2,1-5H3,(H,29,33);1H,4H2,2H3;1-2H3/b19-18+,22-9-,27-24?;;. The molecule has 1 aromatic rings. The Bertz CT molecular complexity index is 1040. The van der Waals surface area contributed by atoms with Gasteiger partial charge in [-0.15, -0.1) is 12.3 Å². The lowest BCUT2D eigenvalue weighted by atomic mass is 10.1. The van der Waals surface area contributed by atoms with E-state index in [0.29, 0.717) is 19.7 Å². The van der Waals surface area contributed by atoms with Gasteiger partial charge in [0, 0.05) is 82.1 Å². The molecule has 2 N–H and O–H groups in total. The molecule has 0 unspecified atom stereocenters. The highest BCUT2D eigenvalue weighted by molar-refractivity contribution is 5.97. The van der Waals surface area contributed by atoms with E-state index in [1.54, 1.807) is 11.1 Å². The Morgan fingerprint density at radius 3 is 2.50 bits per heavy atom. The van der Waals surface area contributed by atoms with Crippen LogP contribution in [0.1, 0.15) is 66.9 Å². The lowest BCUT2D eigenvalue weighted by Gasteiger charge is -2.31. The van der Waals surface area contributed by atoms with Crippen LogP contribution in [0.15, 0.2) is 41.0 Å². The van der Waals surface area contributed by atoms with Crippen molar-refractivity contribution < 1.29 is 9.53 Å². The van der Waals surface area contributed by atoms with Crippen LogP contribution in [0.25, 0.3) is 0 Å². The summed E-state index contributed by atoms with van der Waals surface area (Å²) in [5.74, 6) is 4.68. The molecular weight excluding hydrogens is 502 g/mol. The maximum Gasteiger partial charge on any atom is 0.327 e. The number of aromatic nitrogens is 1. The predicted molar refractivity (Wildman–Crippen MR) is 169 cm³/mol. The zero-order valence-corrected chi connectivity index (χ0v) is 26.0. The molecule has 0 aromatic carbocycles. The number of nitrogens with one attached hydrogen (secondary N) is 2. The van der Waals surface area contributed by atoms with Gasteiger partial charge in [-0.25, -0.2) is 9.78 Å².